The molecule has 4 heteroatoms. The van der Waals surface area contributed by atoms with Crippen molar-refractivity contribution in [3.8, 4) is 0 Å². The number of allylic oxidation sites excluding steroid dienone is 2. The van der Waals surface area contributed by atoms with Gasteiger partial charge in [-0.1, -0.05) is 38.2 Å². The Bertz CT molecular complexity index is 628. The molecule has 0 unspecified atom stereocenters. The summed E-state index contributed by atoms with van der Waals surface area (Å²) in [6.45, 7) is 11.3. The van der Waals surface area contributed by atoms with E-state index in [-0.39, 0.29) is 16.6 Å². The van der Waals surface area contributed by atoms with E-state index in [0.29, 0.717) is 11.7 Å². The minimum absolute atomic E-state index is 0.0995. The summed E-state index contributed by atoms with van der Waals surface area (Å²) in [7, 11) is -1.09. The smallest absolute Gasteiger partial charge is 0.168 e. The summed E-state index contributed by atoms with van der Waals surface area (Å²) in [6, 6.07) is 1.29. The van der Waals surface area contributed by atoms with Crippen molar-refractivity contribution in [3.05, 3.63) is 11.6 Å². The lowest BCUT2D eigenvalue weighted by Crippen LogP contribution is -2.55. The fraction of sp³-hybridized carbons (Fsp3) is 0.870. The summed E-state index contributed by atoms with van der Waals surface area (Å²) in [5.41, 5.74) is 1.59. The molecule has 1 saturated heterocycles. The molecule has 1 aliphatic heterocycles. The van der Waals surface area contributed by atoms with Crippen LogP contribution in [0.5, 0.6) is 0 Å². The largest absolute Gasteiger partial charge is 0.348 e. The SMILES string of the molecule is C[C@]12CCC3(C[C@H]1CCCC(=O)[C@]21CC=C(C[Si](C)(C)C)CC1)OCCO3. The first-order valence-electron chi connectivity index (χ1n) is 11.2. The molecular weight excluding hydrogens is 352 g/mol. The molecule has 27 heavy (non-hydrogen) atoms. The first-order chi connectivity index (χ1) is 12.7. The van der Waals surface area contributed by atoms with E-state index >= 15 is 0 Å². The second-order valence-corrected chi connectivity index (χ2v) is 16.6. The van der Waals surface area contributed by atoms with E-state index in [1.807, 2.05) is 0 Å². The average molecular weight is 391 g/mol. The lowest BCUT2D eigenvalue weighted by atomic mass is 9.48. The number of rotatable bonds is 2. The molecule has 3 nitrogen and oxygen atoms in total. The van der Waals surface area contributed by atoms with Crippen molar-refractivity contribution in [2.45, 2.75) is 96.2 Å². The van der Waals surface area contributed by atoms with Gasteiger partial charge in [-0.3, -0.25) is 4.79 Å². The summed E-state index contributed by atoms with van der Waals surface area (Å²) in [5, 5.41) is 0. The van der Waals surface area contributed by atoms with E-state index in [1.165, 1.54) is 6.04 Å². The van der Waals surface area contributed by atoms with Gasteiger partial charge >= 0.3 is 0 Å². The van der Waals surface area contributed by atoms with Gasteiger partial charge in [-0.2, -0.15) is 0 Å². The fourth-order valence-corrected chi connectivity index (χ4v) is 8.43. The maximum absolute atomic E-state index is 13.5. The second-order valence-electron chi connectivity index (χ2n) is 11.1. The van der Waals surface area contributed by atoms with E-state index in [4.69, 9.17) is 9.47 Å². The molecule has 2 spiro atoms. The standard InChI is InChI=1S/C23H38O3Si/c1-21-12-13-23(25-14-15-26-23)16-19(21)6-5-7-20(24)22(21)10-8-18(9-11-22)17-27(2,3)4/h8,19H,5-7,9-17H2,1-4H3/t19-,21+,22-/m1/s1. The molecule has 0 aromatic heterocycles. The number of hydrogen-bond acceptors (Lipinski definition) is 3. The minimum Gasteiger partial charge on any atom is -0.348 e. The van der Waals surface area contributed by atoms with Crippen LogP contribution in [0.4, 0.5) is 0 Å². The van der Waals surface area contributed by atoms with Gasteiger partial charge in [0.25, 0.3) is 0 Å². The number of ketones is 1. The Hall–Kier alpha value is -0.453. The normalized spacial score (nSPS) is 39.3. The molecule has 0 radical (unpaired) electrons. The van der Waals surface area contributed by atoms with Crippen molar-refractivity contribution in [1.82, 2.24) is 0 Å². The van der Waals surface area contributed by atoms with Crippen molar-refractivity contribution in [2.24, 2.45) is 16.7 Å². The quantitative estimate of drug-likeness (QED) is 0.446. The predicted octanol–water partition coefficient (Wildman–Crippen LogP) is 5.72. The monoisotopic (exact) mass is 390 g/mol. The fourth-order valence-electron chi connectivity index (χ4n) is 6.74. The van der Waals surface area contributed by atoms with E-state index in [2.05, 4.69) is 32.6 Å². The Labute approximate surface area is 166 Å². The molecule has 152 valence electrons. The van der Waals surface area contributed by atoms with Crippen molar-refractivity contribution < 1.29 is 14.3 Å². The Morgan fingerprint density at radius 3 is 2.48 bits per heavy atom. The van der Waals surface area contributed by atoms with Crippen LogP contribution >= 0.6 is 0 Å². The van der Waals surface area contributed by atoms with Gasteiger partial charge in [-0.05, 0) is 55.9 Å². The second kappa shape index (κ2) is 6.81. The molecule has 3 atom stereocenters. The highest BCUT2D eigenvalue weighted by Gasteiger charge is 2.61. The van der Waals surface area contributed by atoms with Gasteiger partial charge < -0.3 is 9.47 Å². The van der Waals surface area contributed by atoms with Crippen LogP contribution in [0, 0.1) is 16.7 Å². The van der Waals surface area contributed by atoms with E-state index in [0.717, 1.165) is 71.0 Å². The van der Waals surface area contributed by atoms with Gasteiger partial charge in [0.1, 0.15) is 5.78 Å². The molecule has 0 aromatic rings. The van der Waals surface area contributed by atoms with Gasteiger partial charge in [0, 0.05) is 32.8 Å². The number of fused-ring (bicyclic) bond motifs is 2. The molecule has 1 heterocycles. The Morgan fingerprint density at radius 1 is 1.11 bits per heavy atom. The highest BCUT2D eigenvalue weighted by Crippen LogP contribution is 2.64. The molecule has 3 fully saturated rings. The third-order valence-electron chi connectivity index (χ3n) is 8.25. The molecular formula is C23H38O3Si. The topological polar surface area (TPSA) is 35.5 Å². The molecule has 0 N–H and O–H groups in total. The van der Waals surface area contributed by atoms with Crippen LogP contribution < -0.4 is 0 Å². The zero-order valence-electron chi connectivity index (χ0n) is 17.9. The molecule has 4 rings (SSSR count). The van der Waals surface area contributed by atoms with Gasteiger partial charge in [0.05, 0.1) is 13.2 Å². The number of ether oxygens (including phenoxy) is 2. The van der Waals surface area contributed by atoms with Gasteiger partial charge in [-0.15, -0.1) is 0 Å². The number of Topliss-reactive ketones (excluding diaryl/α,β-unsaturated/α-hetero) is 1. The predicted molar refractivity (Wildman–Crippen MR) is 111 cm³/mol. The third-order valence-corrected chi connectivity index (χ3v) is 9.76. The zero-order chi connectivity index (χ0) is 19.3. The van der Waals surface area contributed by atoms with Crippen LogP contribution in [-0.4, -0.2) is 32.9 Å². The minimum atomic E-state index is -1.09. The Kier molecular flexibility index (Phi) is 5.00. The van der Waals surface area contributed by atoms with Crippen LogP contribution in [0.15, 0.2) is 11.6 Å². The molecule has 4 aliphatic rings. The molecule has 2 saturated carbocycles. The summed E-state index contributed by atoms with van der Waals surface area (Å²) in [6.07, 6.45) is 11.7. The van der Waals surface area contributed by atoms with Crippen LogP contribution in [0.1, 0.15) is 64.7 Å². The highest BCUT2D eigenvalue weighted by atomic mass is 28.3. The van der Waals surface area contributed by atoms with Gasteiger partial charge in [-0.25, -0.2) is 0 Å². The summed E-state index contributed by atoms with van der Waals surface area (Å²) in [5.74, 6) is 0.759. The van der Waals surface area contributed by atoms with Gasteiger partial charge in [0.2, 0.25) is 0 Å². The zero-order valence-corrected chi connectivity index (χ0v) is 18.9. The number of carbonyl (C=O) groups is 1. The highest BCUT2D eigenvalue weighted by molar-refractivity contribution is 6.76. The molecule has 0 aromatic carbocycles. The molecule has 0 bridgehead atoms. The van der Waals surface area contributed by atoms with Crippen LogP contribution in [0.2, 0.25) is 25.7 Å². The summed E-state index contributed by atoms with van der Waals surface area (Å²) < 4.78 is 12.2. The number of hydrogen-bond donors (Lipinski definition) is 0. The van der Waals surface area contributed by atoms with Crippen molar-refractivity contribution in [1.29, 1.82) is 0 Å². The van der Waals surface area contributed by atoms with E-state index < -0.39 is 8.07 Å². The third kappa shape index (κ3) is 3.40. The average Bonchev–Trinajstić information content (AvgIpc) is 3.02. The maximum Gasteiger partial charge on any atom is 0.168 e. The lowest BCUT2D eigenvalue weighted by Gasteiger charge is -2.57. The van der Waals surface area contributed by atoms with Crippen LogP contribution in [-0.2, 0) is 14.3 Å². The summed E-state index contributed by atoms with van der Waals surface area (Å²) >= 11 is 0. The van der Waals surface area contributed by atoms with Crippen LogP contribution in [0.3, 0.4) is 0 Å². The Balaban J connectivity index is 1.62. The molecule has 0 amide bonds. The van der Waals surface area contributed by atoms with Gasteiger partial charge in [0.15, 0.2) is 5.79 Å². The maximum atomic E-state index is 13.5. The van der Waals surface area contributed by atoms with Crippen LogP contribution in [0.25, 0.3) is 0 Å². The van der Waals surface area contributed by atoms with Crippen molar-refractivity contribution in [2.75, 3.05) is 13.2 Å². The lowest BCUT2D eigenvalue weighted by molar-refractivity contribution is -0.221. The first kappa shape index (κ1) is 19.8. The Morgan fingerprint density at radius 2 is 1.85 bits per heavy atom. The van der Waals surface area contributed by atoms with Crippen molar-refractivity contribution in [3.63, 3.8) is 0 Å². The van der Waals surface area contributed by atoms with Crippen molar-refractivity contribution >= 4 is 13.9 Å². The molecule has 3 aliphatic carbocycles. The summed E-state index contributed by atoms with van der Waals surface area (Å²) in [4.78, 5) is 13.5. The first-order valence-corrected chi connectivity index (χ1v) is 14.9. The van der Waals surface area contributed by atoms with E-state index in [9.17, 15) is 4.79 Å². The number of carbonyl (C=O) groups excluding carboxylic acids is 1. The van der Waals surface area contributed by atoms with E-state index in [1.54, 1.807) is 5.57 Å².